The van der Waals surface area contributed by atoms with Crippen molar-refractivity contribution in [3.63, 3.8) is 0 Å². The molecule has 0 saturated heterocycles. The molecule has 0 radical (unpaired) electrons. The van der Waals surface area contributed by atoms with E-state index in [1.807, 2.05) is 27.1 Å². The van der Waals surface area contributed by atoms with Gasteiger partial charge in [0.25, 0.3) is 0 Å². The summed E-state index contributed by atoms with van der Waals surface area (Å²) in [4.78, 5) is 9.81. The summed E-state index contributed by atoms with van der Waals surface area (Å²) in [6.45, 7) is 1.96. The predicted octanol–water partition coefficient (Wildman–Crippen LogP) is 2.78. The lowest BCUT2D eigenvalue weighted by Crippen LogP contribution is -2.19. The van der Waals surface area contributed by atoms with E-state index in [1.165, 1.54) is 5.56 Å². The molecule has 2 rings (SSSR count). The number of rotatable bonds is 4. The third-order valence-electron chi connectivity index (χ3n) is 3.16. The lowest BCUT2D eigenvalue weighted by Gasteiger charge is -2.23. The van der Waals surface area contributed by atoms with Gasteiger partial charge >= 0.3 is 0 Å². The second-order valence-electron chi connectivity index (χ2n) is 4.77. The highest BCUT2D eigenvalue weighted by molar-refractivity contribution is 5.75. The Bertz CT molecular complexity index is 577. The normalized spacial score (nSPS) is 12.8. The van der Waals surface area contributed by atoms with Crippen LogP contribution in [0.15, 0.2) is 18.2 Å². The Morgan fingerprint density at radius 3 is 2.89 bits per heavy atom. The van der Waals surface area contributed by atoms with Crippen molar-refractivity contribution in [2.45, 2.75) is 25.8 Å². The van der Waals surface area contributed by atoms with Crippen molar-refractivity contribution in [2.75, 3.05) is 14.1 Å². The van der Waals surface area contributed by atoms with Gasteiger partial charge in [-0.1, -0.05) is 6.07 Å². The number of nitriles is 1. The number of hydrogen-bond donors (Lipinski definition) is 1. The molecule has 0 aliphatic carbocycles. The fourth-order valence-corrected chi connectivity index (χ4v) is 2.29. The van der Waals surface area contributed by atoms with E-state index in [0.29, 0.717) is 6.42 Å². The van der Waals surface area contributed by atoms with Gasteiger partial charge in [-0.2, -0.15) is 5.26 Å². The van der Waals surface area contributed by atoms with E-state index in [4.69, 9.17) is 5.26 Å². The van der Waals surface area contributed by atoms with Crippen molar-refractivity contribution < 1.29 is 0 Å². The summed E-state index contributed by atoms with van der Waals surface area (Å²) in [7, 11) is 4.09. The monoisotopic (exact) mass is 242 g/mol. The first-order valence-corrected chi connectivity index (χ1v) is 6.11. The average molecular weight is 242 g/mol. The van der Waals surface area contributed by atoms with Gasteiger partial charge in [-0.25, -0.2) is 4.98 Å². The Kier molecular flexibility index (Phi) is 3.63. The summed E-state index contributed by atoms with van der Waals surface area (Å²) in [6.07, 6.45) is 1.42. The summed E-state index contributed by atoms with van der Waals surface area (Å²) in [5, 5.41) is 8.73. The second-order valence-corrected chi connectivity index (χ2v) is 4.77. The molecule has 18 heavy (non-hydrogen) atoms. The first-order valence-electron chi connectivity index (χ1n) is 6.11. The maximum Gasteiger partial charge on any atom is 0.104 e. The Labute approximate surface area is 107 Å². The Balaban J connectivity index is 2.35. The van der Waals surface area contributed by atoms with E-state index < -0.39 is 0 Å². The van der Waals surface area contributed by atoms with Crippen LogP contribution in [0.4, 0.5) is 0 Å². The molecule has 2 aromatic rings. The molecule has 0 aliphatic heterocycles. The molecular weight excluding hydrogens is 224 g/mol. The highest BCUT2D eigenvalue weighted by atomic mass is 15.1. The first-order chi connectivity index (χ1) is 8.61. The molecule has 4 heteroatoms. The number of nitrogens with zero attached hydrogens (tertiary/aromatic N) is 3. The van der Waals surface area contributed by atoms with Crippen LogP contribution in [0, 0.1) is 18.3 Å². The highest BCUT2D eigenvalue weighted by Crippen LogP contribution is 2.25. The highest BCUT2D eigenvalue weighted by Gasteiger charge is 2.14. The van der Waals surface area contributed by atoms with Crippen LogP contribution in [0.1, 0.15) is 30.3 Å². The fourth-order valence-electron chi connectivity index (χ4n) is 2.29. The molecule has 1 heterocycles. The number of imidazole rings is 1. The van der Waals surface area contributed by atoms with Crippen molar-refractivity contribution in [1.82, 2.24) is 14.9 Å². The van der Waals surface area contributed by atoms with Gasteiger partial charge < -0.3 is 9.88 Å². The van der Waals surface area contributed by atoms with Crippen molar-refractivity contribution in [2.24, 2.45) is 0 Å². The zero-order valence-electron chi connectivity index (χ0n) is 11.1. The van der Waals surface area contributed by atoms with Gasteiger partial charge in [0, 0.05) is 12.5 Å². The van der Waals surface area contributed by atoms with Crippen molar-refractivity contribution in [3.8, 4) is 6.07 Å². The van der Waals surface area contributed by atoms with Crippen LogP contribution in [-0.2, 0) is 0 Å². The topological polar surface area (TPSA) is 55.7 Å². The quantitative estimate of drug-likeness (QED) is 0.897. The van der Waals surface area contributed by atoms with Crippen LogP contribution in [0.2, 0.25) is 0 Å². The number of benzene rings is 1. The standard InChI is InChI=1S/C14H18N4/c1-10-16-12-7-6-11(9-13(12)17-10)14(18(2)3)5-4-8-15/h6-7,9,14H,4-5H2,1-3H3,(H,16,17). The van der Waals surface area contributed by atoms with Crippen LogP contribution < -0.4 is 0 Å². The zero-order chi connectivity index (χ0) is 13.1. The van der Waals surface area contributed by atoms with Crippen molar-refractivity contribution in [1.29, 1.82) is 5.26 Å². The van der Waals surface area contributed by atoms with Crippen LogP contribution in [0.5, 0.6) is 0 Å². The fraction of sp³-hybridized carbons (Fsp3) is 0.429. The van der Waals surface area contributed by atoms with Crippen molar-refractivity contribution in [3.05, 3.63) is 29.6 Å². The second kappa shape index (κ2) is 5.19. The molecule has 94 valence electrons. The number of H-pyrrole nitrogens is 1. The minimum Gasteiger partial charge on any atom is -0.342 e. The van der Waals surface area contributed by atoms with E-state index in [-0.39, 0.29) is 6.04 Å². The largest absolute Gasteiger partial charge is 0.342 e. The minimum absolute atomic E-state index is 0.276. The molecule has 4 nitrogen and oxygen atoms in total. The number of fused-ring (bicyclic) bond motifs is 1. The molecule has 0 aliphatic rings. The lowest BCUT2D eigenvalue weighted by atomic mass is 10.0. The maximum absolute atomic E-state index is 8.73. The number of aromatic nitrogens is 2. The number of aryl methyl sites for hydroxylation is 1. The molecular formula is C14H18N4. The third kappa shape index (κ3) is 2.52. The molecule has 1 N–H and O–H groups in total. The van der Waals surface area contributed by atoms with Crippen LogP contribution in [0.25, 0.3) is 11.0 Å². The van der Waals surface area contributed by atoms with Gasteiger partial charge in [0.1, 0.15) is 5.82 Å². The van der Waals surface area contributed by atoms with E-state index in [9.17, 15) is 0 Å². The van der Waals surface area contributed by atoms with Crippen LogP contribution in [0.3, 0.4) is 0 Å². The van der Waals surface area contributed by atoms with Gasteiger partial charge in [-0.3, -0.25) is 0 Å². The van der Waals surface area contributed by atoms with Crippen molar-refractivity contribution >= 4 is 11.0 Å². The summed E-state index contributed by atoms with van der Waals surface area (Å²) >= 11 is 0. The molecule has 1 aromatic heterocycles. The molecule has 1 atom stereocenters. The minimum atomic E-state index is 0.276. The molecule has 1 aromatic carbocycles. The van der Waals surface area contributed by atoms with Gasteiger partial charge in [0.15, 0.2) is 0 Å². The zero-order valence-corrected chi connectivity index (χ0v) is 11.1. The number of aromatic amines is 1. The third-order valence-corrected chi connectivity index (χ3v) is 3.16. The predicted molar refractivity (Wildman–Crippen MR) is 72.1 cm³/mol. The number of hydrogen-bond acceptors (Lipinski definition) is 3. The number of nitrogens with one attached hydrogen (secondary N) is 1. The van der Waals surface area contributed by atoms with E-state index in [1.54, 1.807) is 0 Å². The maximum atomic E-state index is 8.73. The van der Waals surface area contributed by atoms with Gasteiger partial charge in [-0.15, -0.1) is 0 Å². The summed E-state index contributed by atoms with van der Waals surface area (Å²) in [5.74, 6) is 0.931. The molecule has 0 amide bonds. The Morgan fingerprint density at radius 2 is 2.22 bits per heavy atom. The van der Waals surface area contributed by atoms with E-state index in [2.05, 4.69) is 33.1 Å². The van der Waals surface area contributed by atoms with E-state index in [0.717, 1.165) is 23.3 Å². The summed E-state index contributed by atoms with van der Waals surface area (Å²) in [5.41, 5.74) is 3.29. The molecule has 0 bridgehead atoms. The first kappa shape index (κ1) is 12.6. The van der Waals surface area contributed by atoms with Gasteiger partial charge in [0.05, 0.1) is 17.1 Å². The molecule has 0 fully saturated rings. The van der Waals surface area contributed by atoms with Crippen LogP contribution >= 0.6 is 0 Å². The smallest absolute Gasteiger partial charge is 0.104 e. The molecule has 0 saturated carbocycles. The lowest BCUT2D eigenvalue weighted by molar-refractivity contribution is 0.286. The van der Waals surface area contributed by atoms with Gasteiger partial charge in [-0.05, 0) is 45.1 Å². The van der Waals surface area contributed by atoms with Crippen LogP contribution in [-0.4, -0.2) is 29.0 Å². The Hall–Kier alpha value is -1.86. The molecule has 0 spiro atoms. The SMILES string of the molecule is Cc1nc2ccc(C(CCC#N)N(C)C)cc2[nH]1. The van der Waals surface area contributed by atoms with Gasteiger partial charge in [0.2, 0.25) is 0 Å². The summed E-state index contributed by atoms with van der Waals surface area (Å²) < 4.78 is 0. The average Bonchev–Trinajstić information content (AvgIpc) is 2.68. The molecule has 1 unspecified atom stereocenters. The van der Waals surface area contributed by atoms with E-state index >= 15 is 0 Å². The Morgan fingerprint density at radius 1 is 1.44 bits per heavy atom. The summed E-state index contributed by atoms with van der Waals surface area (Å²) in [6, 6.07) is 8.77.